The summed E-state index contributed by atoms with van der Waals surface area (Å²) in [5, 5.41) is 8.91. The molecule has 3 rings (SSSR count). The fourth-order valence-electron chi connectivity index (χ4n) is 2.19. The highest BCUT2D eigenvalue weighted by Gasteiger charge is 2.25. The van der Waals surface area contributed by atoms with Crippen LogP contribution in [0.1, 0.15) is 15.9 Å². The smallest absolute Gasteiger partial charge is 0.335 e. The Morgan fingerprint density at radius 2 is 1.74 bits per heavy atom. The Kier molecular flexibility index (Phi) is 3.71. The summed E-state index contributed by atoms with van der Waals surface area (Å²) in [6.45, 7) is 0. The summed E-state index contributed by atoms with van der Waals surface area (Å²) in [5.41, 5.74) is 1.18. The fraction of sp³-hybridized carbons (Fsp3) is 0. The Bertz CT molecular complexity index is 915. The lowest BCUT2D eigenvalue weighted by Gasteiger charge is -2.21. The van der Waals surface area contributed by atoms with Crippen molar-refractivity contribution in [1.29, 1.82) is 0 Å². The van der Waals surface area contributed by atoms with Crippen LogP contribution in [-0.4, -0.2) is 25.7 Å². The molecule has 1 N–H and O–H groups in total. The highest BCUT2D eigenvalue weighted by molar-refractivity contribution is 7.93. The average molecular weight is 328 g/mol. The van der Waals surface area contributed by atoms with Crippen molar-refractivity contribution in [3.63, 3.8) is 0 Å². The van der Waals surface area contributed by atoms with Crippen LogP contribution in [0.4, 0.5) is 5.69 Å². The first-order valence-corrected chi connectivity index (χ1v) is 8.11. The van der Waals surface area contributed by atoms with Crippen molar-refractivity contribution in [2.75, 3.05) is 4.31 Å². The Labute approximate surface area is 133 Å². The van der Waals surface area contributed by atoms with Crippen LogP contribution in [0.2, 0.25) is 0 Å². The van der Waals surface area contributed by atoms with E-state index in [0.717, 1.165) is 4.31 Å². The molecular formula is C16H12N2O4S. The van der Waals surface area contributed by atoms with Gasteiger partial charge in [0, 0.05) is 24.2 Å². The van der Waals surface area contributed by atoms with Gasteiger partial charge in [-0.1, -0.05) is 18.2 Å². The SMILES string of the molecule is O=C(O)c1ccc(S(=O)(=O)N2C=CN=Cc3ccccc32)cc1. The number of carbonyl (C=O) groups is 1. The zero-order valence-corrected chi connectivity index (χ0v) is 12.6. The Hall–Kier alpha value is -2.93. The third-order valence-corrected chi connectivity index (χ3v) is 5.04. The third-order valence-electron chi connectivity index (χ3n) is 3.33. The lowest BCUT2D eigenvalue weighted by molar-refractivity contribution is 0.0696. The second-order valence-electron chi connectivity index (χ2n) is 4.77. The first kappa shape index (κ1) is 15.0. The molecule has 2 aromatic rings. The summed E-state index contributed by atoms with van der Waals surface area (Å²) in [5.74, 6) is -1.11. The monoisotopic (exact) mass is 328 g/mol. The summed E-state index contributed by atoms with van der Waals surface area (Å²) in [6, 6.07) is 12.1. The van der Waals surface area contributed by atoms with Crippen LogP contribution in [-0.2, 0) is 10.0 Å². The van der Waals surface area contributed by atoms with E-state index in [4.69, 9.17) is 5.11 Å². The van der Waals surface area contributed by atoms with Crippen LogP contribution < -0.4 is 4.31 Å². The molecule has 23 heavy (non-hydrogen) atoms. The summed E-state index contributed by atoms with van der Waals surface area (Å²) in [7, 11) is -3.87. The molecule has 0 spiro atoms. The van der Waals surface area contributed by atoms with Crippen LogP contribution in [0.3, 0.4) is 0 Å². The number of benzene rings is 2. The number of rotatable bonds is 3. The highest BCUT2D eigenvalue weighted by Crippen LogP contribution is 2.28. The third kappa shape index (κ3) is 2.74. The van der Waals surface area contributed by atoms with E-state index in [-0.39, 0.29) is 10.5 Å². The average Bonchev–Trinajstić information content (AvgIpc) is 2.77. The van der Waals surface area contributed by atoms with Gasteiger partial charge in [0.2, 0.25) is 0 Å². The van der Waals surface area contributed by atoms with Crippen molar-refractivity contribution in [2.24, 2.45) is 4.99 Å². The minimum absolute atomic E-state index is 0.00357. The molecule has 0 saturated carbocycles. The number of hydrogen-bond donors (Lipinski definition) is 1. The number of carboxylic acid groups (broad SMARTS) is 1. The van der Waals surface area contributed by atoms with Crippen LogP contribution in [0, 0.1) is 0 Å². The van der Waals surface area contributed by atoms with Crippen LogP contribution in [0.15, 0.2) is 70.8 Å². The number of fused-ring (bicyclic) bond motifs is 1. The Morgan fingerprint density at radius 1 is 1.04 bits per heavy atom. The Morgan fingerprint density at radius 3 is 2.43 bits per heavy atom. The van der Waals surface area contributed by atoms with Crippen molar-refractivity contribution >= 4 is 27.9 Å². The molecule has 2 aromatic carbocycles. The summed E-state index contributed by atoms with van der Waals surface area (Å²) in [4.78, 5) is 14.9. The predicted octanol–water partition coefficient (Wildman–Crippen LogP) is 2.48. The molecule has 1 aliphatic heterocycles. The van der Waals surface area contributed by atoms with Crippen molar-refractivity contribution in [2.45, 2.75) is 4.90 Å². The molecule has 0 radical (unpaired) electrons. The molecule has 0 aliphatic carbocycles. The van der Waals surface area contributed by atoms with E-state index in [2.05, 4.69) is 4.99 Å². The van der Waals surface area contributed by atoms with Gasteiger partial charge < -0.3 is 5.11 Å². The number of sulfonamides is 1. The minimum atomic E-state index is -3.87. The molecule has 0 fully saturated rings. The molecule has 0 atom stereocenters. The quantitative estimate of drug-likeness (QED) is 0.937. The first-order valence-electron chi connectivity index (χ1n) is 6.67. The maximum atomic E-state index is 12.9. The molecule has 0 saturated heterocycles. The van der Waals surface area contributed by atoms with E-state index in [1.165, 1.54) is 36.7 Å². The van der Waals surface area contributed by atoms with Gasteiger partial charge in [0.15, 0.2) is 0 Å². The summed E-state index contributed by atoms with van der Waals surface area (Å²) in [6.07, 6.45) is 4.33. The van der Waals surface area contributed by atoms with Crippen molar-refractivity contribution in [1.82, 2.24) is 0 Å². The second-order valence-corrected chi connectivity index (χ2v) is 6.58. The highest BCUT2D eigenvalue weighted by atomic mass is 32.2. The molecule has 0 aromatic heterocycles. The van der Waals surface area contributed by atoms with Gasteiger partial charge in [-0.15, -0.1) is 0 Å². The van der Waals surface area contributed by atoms with Gasteiger partial charge in [0.25, 0.3) is 10.0 Å². The number of aromatic carboxylic acids is 1. The molecule has 6 nitrogen and oxygen atoms in total. The number of anilines is 1. The van der Waals surface area contributed by atoms with Gasteiger partial charge in [0.1, 0.15) is 0 Å². The largest absolute Gasteiger partial charge is 0.478 e. The molecule has 0 unspecified atom stereocenters. The predicted molar refractivity (Wildman–Crippen MR) is 86.2 cm³/mol. The van der Waals surface area contributed by atoms with Gasteiger partial charge >= 0.3 is 5.97 Å². The topological polar surface area (TPSA) is 87.0 Å². The number of hydrogen-bond acceptors (Lipinski definition) is 4. The van der Waals surface area contributed by atoms with E-state index >= 15 is 0 Å². The van der Waals surface area contributed by atoms with Gasteiger partial charge in [-0.3, -0.25) is 4.99 Å². The maximum Gasteiger partial charge on any atom is 0.335 e. The number of para-hydroxylation sites is 1. The van der Waals surface area contributed by atoms with Gasteiger partial charge in [-0.25, -0.2) is 17.5 Å². The van der Waals surface area contributed by atoms with E-state index < -0.39 is 16.0 Å². The van der Waals surface area contributed by atoms with E-state index in [1.54, 1.807) is 30.5 Å². The fourth-order valence-corrected chi connectivity index (χ4v) is 3.54. The Balaban J connectivity index is 2.08. The van der Waals surface area contributed by atoms with Crippen molar-refractivity contribution < 1.29 is 18.3 Å². The zero-order chi connectivity index (χ0) is 16.4. The van der Waals surface area contributed by atoms with Gasteiger partial charge in [-0.2, -0.15) is 0 Å². The summed E-state index contributed by atoms with van der Waals surface area (Å²) >= 11 is 0. The first-order chi connectivity index (χ1) is 11.0. The van der Waals surface area contributed by atoms with Crippen LogP contribution in [0.25, 0.3) is 0 Å². The summed E-state index contributed by atoms with van der Waals surface area (Å²) < 4.78 is 26.8. The lowest BCUT2D eigenvalue weighted by atomic mass is 10.2. The number of nitrogens with zero attached hydrogens (tertiary/aromatic N) is 2. The van der Waals surface area contributed by atoms with Crippen molar-refractivity contribution in [3.05, 3.63) is 72.1 Å². The van der Waals surface area contributed by atoms with E-state index in [1.807, 2.05) is 0 Å². The normalized spacial score (nSPS) is 13.5. The van der Waals surface area contributed by atoms with Crippen LogP contribution >= 0.6 is 0 Å². The number of carboxylic acids is 1. The van der Waals surface area contributed by atoms with Gasteiger partial charge in [-0.05, 0) is 30.3 Å². The second kappa shape index (κ2) is 5.69. The molecule has 1 aliphatic rings. The molecule has 116 valence electrons. The van der Waals surface area contributed by atoms with Gasteiger partial charge in [0.05, 0.1) is 16.1 Å². The molecule has 0 amide bonds. The molecule has 7 heteroatoms. The standard InChI is InChI=1S/C16H12N2O4S/c19-16(20)12-5-7-14(8-6-12)23(21,22)18-10-9-17-11-13-3-1-2-4-15(13)18/h1-11H,(H,19,20). The van der Waals surface area contributed by atoms with Crippen molar-refractivity contribution in [3.8, 4) is 0 Å². The molecule has 1 heterocycles. The van der Waals surface area contributed by atoms with E-state index in [9.17, 15) is 13.2 Å². The van der Waals surface area contributed by atoms with Crippen LogP contribution in [0.5, 0.6) is 0 Å². The van der Waals surface area contributed by atoms with E-state index in [0.29, 0.717) is 11.3 Å². The maximum absolute atomic E-state index is 12.9. The minimum Gasteiger partial charge on any atom is -0.478 e. The zero-order valence-electron chi connectivity index (χ0n) is 11.8. The molecular weight excluding hydrogens is 316 g/mol. The lowest BCUT2D eigenvalue weighted by Crippen LogP contribution is -2.26. The number of aliphatic imine (C=N–C) groups is 1. The molecule has 0 bridgehead atoms.